The molecule has 30 heavy (non-hydrogen) atoms. The number of carbonyl (C=O) groups is 2. The van der Waals surface area contributed by atoms with Gasteiger partial charge in [-0.15, -0.1) is 12.4 Å². The monoisotopic (exact) mass is 433 g/mol. The number of nitrogens with two attached hydrogens (primary N) is 1. The van der Waals surface area contributed by atoms with Crippen LogP contribution < -0.4 is 16.4 Å². The Balaban J connectivity index is 0.00000320. The van der Waals surface area contributed by atoms with Crippen molar-refractivity contribution in [2.75, 3.05) is 11.9 Å². The van der Waals surface area contributed by atoms with Crippen molar-refractivity contribution in [1.29, 1.82) is 0 Å². The molecule has 7 heteroatoms. The van der Waals surface area contributed by atoms with E-state index in [1.54, 1.807) is 24.3 Å². The smallest absolute Gasteiger partial charge is 0.258 e. The van der Waals surface area contributed by atoms with E-state index in [9.17, 15) is 14.0 Å². The number of benzene rings is 2. The van der Waals surface area contributed by atoms with Gasteiger partial charge in [0.15, 0.2) is 0 Å². The highest BCUT2D eigenvalue weighted by Gasteiger charge is 2.24. The largest absolute Gasteiger partial charge is 0.348 e. The van der Waals surface area contributed by atoms with Crippen molar-refractivity contribution in [3.8, 4) is 0 Å². The molecule has 0 radical (unpaired) electrons. The van der Waals surface area contributed by atoms with Crippen molar-refractivity contribution in [3.63, 3.8) is 0 Å². The van der Waals surface area contributed by atoms with Gasteiger partial charge in [-0.3, -0.25) is 9.59 Å². The van der Waals surface area contributed by atoms with Crippen molar-refractivity contribution >= 4 is 29.9 Å². The van der Waals surface area contributed by atoms with Gasteiger partial charge in [0.1, 0.15) is 5.82 Å². The Morgan fingerprint density at radius 2 is 1.80 bits per heavy atom. The van der Waals surface area contributed by atoms with Crippen LogP contribution in [0.25, 0.3) is 0 Å². The molecule has 1 atom stereocenters. The highest BCUT2D eigenvalue weighted by Crippen LogP contribution is 2.26. The van der Waals surface area contributed by atoms with E-state index in [0.29, 0.717) is 23.7 Å². The van der Waals surface area contributed by atoms with Crippen LogP contribution in [-0.2, 0) is 0 Å². The van der Waals surface area contributed by atoms with Gasteiger partial charge >= 0.3 is 0 Å². The van der Waals surface area contributed by atoms with Gasteiger partial charge in [0.2, 0.25) is 0 Å². The van der Waals surface area contributed by atoms with Gasteiger partial charge in [0.25, 0.3) is 11.8 Å². The summed E-state index contributed by atoms with van der Waals surface area (Å²) < 4.78 is 13.9. The molecular formula is C23H29ClFN3O2. The Bertz CT molecular complexity index is 885. The Hall–Kier alpha value is -2.44. The second kappa shape index (κ2) is 11.1. The molecule has 1 saturated carbocycles. The first-order valence-electron chi connectivity index (χ1n) is 10.2. The minimum absolute atomic E-state index is 0. The molecule has 0 bridgehead atoms. The molecule has 2 aromatic rings. The van der Waals surface area contributed by atoms with Gasteiger partial charge in [-0.2, -0.15) is 0 Å². The molecule has 0 aliphatic heterocycles. The average molecular weight is 434 g/mol. The number of rotatable bonds is 6. The van der Waals surface area contributed by atoms with Gasteiger partial charge in [-0.25, -0.2) is 4.39 Å². The topological polar surface area (TPSA) is 84.2 Å². The summed E-state index contributed by atoms with van der Waals surface area (Å²) in [6, 6.07) is 10.9. The predicted octanol–water partition coefficient (Wildman–Crippen LogP) is 4.45. The van der Waals surface area contributed by atoms with Crippen molar-refractivity contribution in [1.82, 2.24) is 5.32 Å². The zero-order valence-corrected chi connectivity index (χ0v) is 17.9. The number of carbonyl (C=O) groups excluding carboxylic acids is 2. The van der Waals surface area contributed by atoms with Gasteiger partial charge in [0, 0.05) is 23.8 Å². The summed E-state index contributed by atoms with van der Waals surface area (Å²) >= 11 is 0. The second-order valence-electron chi connectivity index (χ2n) is 7.68. The Morgan fingerprint density at radius 1 is 1.10 bits per heavy atom. The third-order valence-corrected chi connectivity index (χ3v) is 5.66. The van der Waals surface area contributed by atoms with Crippen molar-refractivity contribution in [3.05, 3.63) is 65.0 Å². The van der Waals surface area contributed by atoms with E-state index in [0.717, 1.165) is 18.4 Å². The van der Waals surface area contributed by atoms with E-state index < -0.39 is 11.7 Å². The predicted molar refractivity (Wildman–Crippen MR) is 120 cm³/mol. The Labute approximate surface area is 183 Å². The molecule has 162 valence electrons. The van der Waals surface area contributed by atoms with Gasteiger partial charge < -0.3 is 16.4 Å². The minimum atomic E-state index is -0.588. The molecule has 3 rings (SSSR count). The maximum atomic E-state index is 13.9. The van der Waals surface area contributed by atoms with E-state index in [4.69, 9.17) is 5.73 Å². The second-order valence-corrected chi connectivity index (χ2v) is 7.68. The van der Waals surface area contributed by atoms with Gasteiger partial charge in [0.05, 0.1) is 5.56 Å². The molecule has 5 nitrogen and oxygen atoms in total. The van der Waals surface area contributed by atoms with Crippen LogP contribution in [0.4, 0.5) is 10.1 Å². The number of hydrogen-bond acceptors (Lipinski definition) is 3. The average Bonchev–Trinajstić information content (AvgIpc) is 2.74. The fourth-order valence-electron chi connectivity index (χ4n) is 3.89. The Morgan fingerprint density at radius 3 is 2.47 bits per heavy atom. The van der Waals surface area contributed by atoms with Crippen molar-refractivity contribution in [2.24, 2.45) is 11.7 Å². The molecule has 1 aliphatic rings. The van der Waals surface area contributed by atoms with E-state index in [-0.39, 0.29) is 29.9 Å². The Kier molecular flexibility index (Phi) is 8.81. The molecule has 0 saturated heterocycles. The summed E-state index contributed by atoms with van der Waals surface area (Å²) in [6.45, 7) is 2.22. The summed E-state index contributed by atoms with van der Waals surface area (Å²) in [4.78, 5) is 25.2. The fourth-order valence-corrected chi connectivity index (χ4v) is 3.89. The van der Waals surface area contributed by atoms with Crippen molar-refractivity contribution < 1.29 is 14.0 Å². The quantitative estimate of drug-likeness (QED) is 0.629. The van der Waals surface area contributed by atoms with Crippen LogP contribution in [0, 0.1) is 18.7 Å². The maximum absolute atomic E-state index is 13.9. The number of anilines is 1. The normalized spacial score (nSPS) is 15.0. The molecule has 1 fully saturated rings. The highest BCUT2D eigenvalue weighted by atomic mass is 35.5. The van der Waals surface area contributed by atoms with Crippen LogP contribution in [0.1, 0.15) is 58.4 Å². The summed E-state index contributed by atoms with van der Waals surface area (Å²) in [5, 5.41) is 5.77. The number of amides is 2. The highest BCUT2D eigenvalue weighted by molar-refractivity contribution is 6.05. The number of aryl methyl sites for hydroxylation is 1. The van der Waals surface area contributed by atoms with E-state index in [2.05, 4.69) is 10.6 Å². The lowest BCUT2D eigenvalue weighted by Gasteiger charge is -2.30. The fraction of sp³-hybridized carbons (Fsp3) is 0.391. The van der Waals surface area contributed by atoms with Crippen LogP contribution >= 0.6 is 12.4 Å². The maximum Gasteiger partial charge on any atom is 0.258 e. The zero-order chi connectivity index (χ0) is 20.8. The molecule has 1 unspecified atom stereocenters. The van der Waals surface area contributed by atoms with Crippen LogP contribution in [-0.4, -0.2) is 24.4 Å². The lowest BCUT2D eigenvalue weighted by molar-refractivity contribution is 0.0914. The van der Waals surface area contributed by atoms with E-state index in [1.807, 2.05) is 6.92 Å². The molecule has 2 aromatic carbocycles. The zero-order valence-electron chi connectivity index (χ0n) is 17.1. The summed E-state index contributed by atoms with van der Waals surface area (Å²) in [5.74, 6) is -0.948. The molecule has 0 aromatic heterocycles. The lowest BCUT2D eigenvalue weighted by atomic mass is 9.84. The summed E-state index contributed by atoms with van der Waals surface area (Å²) in [7, 11) is 0. The molecule has 1 aliphatic carbocycles. The first-order valence-corrected chi connectivity index (χ1v) is 10.2. The molecule has 0 spiro atoms. The van der Waals surface area contributed by atoms with Crippen LogP contribution in [0.15, 0.2) is 42.5 Å². The number of hydrogen-bond donors (Lipinski definition) is 3. The number of halogens is 2. The first kappa shape index (κ1) is 23.8. The van der Waals surface area contributed by atoms with Gasteiger partial charge in [-0.05, 0) is 55.5 Å². The third-order valence-electron chi connectivity index (χ3n) is 5.66. The van der Waals surface area contributed by atoms with Crippen molar-refractivity contribution in [2.45, 2.75) is 45.1 Å². The summed E-state index contributed by atoms with van der Waals surface area (Å²) in [5.41, 5.74) is 7.59. The standard InChI is InChI=1S/C23H28FN3O2.ClH/c1-15-11-12-17(22(28)27-21(14-25)16-7-3-2-4-8-16)13-20(15)26-23(29)18-9-5-6-10-19(18)24;/h5-6,9-13,16,21H,2-4,7-8,14,25H2,1H3,(H,26,29)(H,27,28);1H. The molecular weight excluding hydrogens is 405 g/mol. The van der Waals surface area contributed by atoms with Gasteiger partial charge in [-0.1, -0.05) is 37.5 Å². The van der Waals surface area contributed by atoms with E-state index in [1.165, 1.54) is 37.5 Å². The van der Waals surface area contributed by atoms with Crippen LogP contribution in [0.5, 0.6) is 0 Å². The SMILES string of the molecule is Cc1ccc(C(=O)NC(CN)C2CCCCC2)cc1NC(=O)c1ccccc1F.Cl. The minimum Gasteiger partial charge on any atom is -0.348 e. The molecule has 2 amide bonds. The third kappa shape index (κ3) is 5.80. The van der Waals surface area contributed by atoms with Crippen LogP contribution in [0.3, 0.4) is 0 Å². The number of nitrogens with one attached hydrogen (secondary N) is 2. The molecule has 0 heterocycles. The molecule has 4 N–H and O–H groups in total. The van der Waals surface area contributed by atoms with Crippen LogP contribution in [0.2, 0.25) is 0 Å². The lowest BCUT2D eigenvalue weighted by Crippen LogP contribution is -2.45. The summed E-state index contributed by atoms with van der Waals surface area (Å²) in [6.07, 6.45) is 5.76. The van der Waals surface area contributed by atoms with E-state index >= 15 is 0 Å². The first-order chi connectivity index (χ1) is 14.0.